The lowest BCUT2D eigenvalue weighted by Crippen LogP contribution is -2.13. The molecule has 0 saturated carbocycles. The van der Waals surface area contributed by atoms with Crippen molar-refractivity contribution in [3.8, 4) is 0 Å². The molecule has 0 radical (unpaired) electrons. The van der Waals surface area contributed by atoms with Gasteiger partial charge in [0.1, 0.15) is 16.7 Å². The van der Waals surface area contributed by atoms with Crippen molar-refractivity contribution in [1.29, 1.82) is 0 Å². The predicted octanol–water partition coefficient (Wildman–Crippen LogP) is 5.18. The number of benzene rings is 2. The summed E-state index contributed by atoms with van der Waals surface area (Å²) in [6, 6.07) is 10.8. The van der Waals surface area contributed by atoms with Crippen molar-refractivity contribution in [2.45, 2.75) is 11.1 Å². The highest BCUT2D eigenvalue weighted by Gasteiger charge is 2.34. The lowest BCUT2D eigenvalue weighted by Gasteiger charge is -2.13. The molecule has 13 heteroatoms. The molecule has 1 amide bonds. The molecule has 186 valence electrons. The van der Waals surface area contributed by atoms with Gasteiger partial charge in [0.2, 0.25) is 12.2 Å². The summed E-state index contributed by atoms with van der Waals surface area (Å²) in [5.41, 5.74) is -0.198. The van der Waals surface area contributed by atoms with Crippen LogP contribution in [0.4, 0.5) is 24.5 Å². The van der Waals surface area contributed by atoms with Crippen LogP contribution < -0.4 is 15.4 Å². The van der Waals surface area contributed by atoms with E-state index in [1.54, 1.807) is 38.4 Å². The number of carbonyl (C=O) groups excluding carboxylic acids is 2. The number of anilines is 2. The van der Waals surface area contributed by atoms with Crippen LogP contribution in [0.3, 0.4) is 0 Å². The number of alkyl halides is 3. The Morgan fingerprint density at radius 1 is 1.09 bits per heavy atom. The van der Waals surface area contributed by atoms with Crippen molar-refractivity contribution in [2.24, 2.45) is 0 Å². The van der Waals surface area contributed by atoms with Gasteiger partial charge in [-0.05, 0) is 36.4 Å². The van der Waals surface area contributed by atoms with Gasteiger partial charge in [0.05, 0.1) is 26.2 Å². The van der Waals surface area contributed by atoms with Gasteiger partial charge >= 0.3 is 6.18 Å². The van der Waals surface area contributed by atoms with Crippen molar-refractivity contribution < 1.29 is 27.0 Å². The summed E-state index contributed by atoms with van der Waals surface area (Å²) >= 11 is 11.6. The Kier molecular flexibility index (Phi) is 10.1. The summed E-state index contributed by atoms with van der Waals surface area (Å²) in [6.07, 6.45) is -2.84. The van der Waals surface area contributed by atoms with Crippen LogP contribution in [0, 0.1) is 0 Å². The number of nitrogens with one attached hydrogen (secondary N) is 3. The number of amides is 1. The number of aromatic nitrogens is 1. The van der Waals surface area contributed by atoms with Gasteiger partial charge in [0.25, 0.3) is 0 Å². The average molecular weight is 547 g/mol. The van der Waals surface area contributed by atoms with E-state index in [0.29, 0.717) is 23.7 Å². The van der Waals surface area contributed by atoms with E-state index < -0.39 is 33.5 Å². The van der Waals surface area contributed by atoms with E-state index in [4.69, 9.17) is 28.0 Å². The van der Waals surface area contributed by atoms with Crippen LogP contribution in [0.25, 0.3) is 0 Å². The second kappa shape index (κ2) is 12.5. The molecular weight excluding hydrogens is 528 g/mol. The molecule has 1 atom stereocenters. The Bertz CT molecular complexity index is 1240. The largest absolute Gasteiger partial charge is 0.417 e. The van der Waals surface area contributed by atoms with Crippen molar-refractivity contribution >= 4 is 57.8 Å². The monoisotopic (exact) mass is 546 g/mol. The van der Waals surface area contributed by atoms with Crippen LogP contribution in [0.5, 0.6) is 0 Å². The third-order valence-electron chi connectivity index (χ3n) is 4.26. The minimum absolute atomic E-state index is 0.00852. The molecule has 1 unspecified atom stereocenters. The highest BCUT2D eigenvalue weighted by Crippen LogP contribution is 2.36. The lowest BCUT2D eigenvalue weighted by atomic mass is 10.1. The number of pyridine rings is 1. The van der Waals surface area contributed by atoms with Crippen LogP contribution in [0.15, 0.2) is 59.6 Å². The van der Waals surface area contributed by atoms with Gasteiger partial charge < -0.3 is 10.6 Å². The summed E-state index contributed by atoms with van der Waals surface area (Å²) in [5.74, 6) is -0.486. The molecule has 7 nitrogen and oxygen atoms in total. The zero-order valence-electron chi connectivity index (χ0n) is 18.2. The second-order valence-electron chi connectivity index (χ2n) is 6.63. The molecule has 2 aromatic carbocycles. The Morgan fingerprint density at radius 3 is 2.37 bits per heavy atom. The lowest BCUT2D eigenvalue weighted by molar-refractivity contribution is -0.137. The topological polar surface area (TPSA) is 100 Å². The van der Waals surface area contributed by atoms with E-state index in [1.165, 1.54) is 18.3 Å². The number of nitrogens with zero attached hydrogens (tertiary/aromatic N) is 1. The first kappa shape index (κ1) is 28.1. The zero-order valence-corrected chi connectivity index (χ0v) is 20.6. The third kappa shape index (κ3) is 7.67. The minimum Gasteiger partial charge on any atom is -0.388 e. The van der Waals surface area contributed by atoms with E-state index in [0.717, 1.165) is 6.07 Å². The van der Waals surface area contributed by atoms with Gasteiger partial charge in [-0.1, -0.05) is 35.3 Å². The fourth-order valence-corrected chi connectivity index (χ4v) is 3.92. The molecule has 0 spiro atoms. The van der Waals surface area contributed by atoms with E-state index in [1.807, 2.05) is 0 Å². The molecule has 0 aliphatic carbocycles. The molecule has 3 aromatic rings. The Labute approximate surface area is 211 Å². The van der Waals surface area contributed by atoms with Crippen LogP contribution in [0.1, 0.15) is 21.6 Å². The van der Waals surface area contributed by atoms with Crippen molar-refractivity contribution in [3.63, 3.8) is 0 Å². The van der Waals surface area contributed by atoms with Gasteiger partial charge in [-0.3, -0.25) is 14.3 Å². The van der Waals surface area contributed by atoms with E-state index in [9.17, 15) is 22.2 Å². The Balaban J connectivity index is 0.00000100. The fourth-order valence-electron chi connectivity index (χ4n) is 2.65. The summed E-state index contributed by atoms with van der Waals surface area (Å²) in [6.45, 7) is 0. The average Bonchev–Trinajstić information content (AvgIpc) is 2.83. The third-order valence-corrected chi connectivity index (χ3v) is 5.88. The molecule has 0 saturated heterocycles. The first-order valence-electron chi connectivity index (χ1n) is 9.66. The highest BCUT2D eigenvalue weighted by atomic mass is 35.5. The van der Waals surface area contributed by atoms with Gasteiger partial charge in [-0.25, -0.2) is 9.19 Å². The van der Waals surface area contributed by atoms with Gasteiger partial charge in [-0.2, -0.15) is 13.2 Å². The molecule has 3 N–H and O–H groups in total. The summed E-state index contributed by atoms with van der Waals surface area (Å²) in [5, 5.41) is 4.79. The number of hydrogen-bond donors (Lipinski definition) is 3. The van der Waals surface area contributed by atoms with Crippen molar-refractivity contribution in [1.82, 2.24) is 10.3 Å². The maximum absolute atomic E-state index is 13.1. The smallest absolute Gasteiger partial charge is 0.388 e. The number of halogens is 5. The maximum Gasteiger partial charge on any atom is 0.417 e. The Hall–Kier alpha value is -3.15. The van der Waals surface area contributed by atoms with Gasteiger partial charge in [-0.15, -0.1) is 0 Å². The van der Waals surface area contributed by atoms with Crippen LogP contribution >= 0.6 is 23.2 Å². The van der Waals surface area contributed by atoms with Crippen molar-refractivity contribution in [2.75, 3.05) is 24.1 Å². The predicted molar refractivity (Wildman–Crippen MR) is 130 cm³/mol. The zero-order chi connectivity index (χ0) is 26.2. The van der Waals surface area contributed by atoms with E-state index >= 15 is 0 Å². The van der Waals surface area contributed by atoms with Crippen LogP contribution in [-0.2, 0) is 22.0 Å². The Morgan fingerprint density at radius 2 is 1.77 bits per heavy atom. The summed E-state index contributed by atoms with van der Waals surface area (Å²) in [7, 11) is 1.10. The molecule has 0 bridgehead atoms. The van der Waals surface area contributed by atoms with Crippen molar-refractivity contribution in [3.05, 3.63) is 81.6 Å². The molecular formula is C22H19Cl2F3N4O3S. The fraction of sp³-hybridized carbons (Fsp3) is 0.136. The number of hydrogen-bond acceptors (Lipinski definition) is 5. The SMILES string of the molecule is CNC=O.CNc1cccc(C(=O)c2ncc(Cl)cc2NS(=O)c2ccc(Cl)c(C(F)(F)F)c2)c1. The minimum atomic E-state index is -4.71. The first-order chi connectivity index (χ1) is 16.5. The standard InChI is InChI=1S/C20H14Cl2F3N3O2S.C2H5NO/c1-26-13-4-2-3-11(7-13)19(29)18-17(8-12(21)10-27-18)28-31(30)14-5-6-16(22)15(9-14)20(23,24)25;1-3-2-4/h2-10,26,28H,1H3;2H,1H3,(H,3,4). The quantitative estimate of drug-likeness (QED) is 0.280. The second-order valence-corrected chi connectivity index (χ2v) is 8.68. The van der Waals surface area contributed by atoms with Crippen LogP contribution in [0.2, 0.25) is 10.0 Å². The molecule has 3 rings (SSSR count). The molecule has 35 heavy (non-hydrogen) atoms. The molecule has 0 aliphatic rings. The molecule has 0 aliphatic heterocycles. The normalized spacial score (nSPS) is 11.5. The highest BCUT2D eigenvalue weighted by molar-refractivity contribution is 7.86. The number of carbonyl (C=O) groups is 2. The molecule has 0 fully saturated rings. The summed E-state index contributed by atoms with van der Waals surface area (Å²) < 4.78 is 54.6. The molecule has 1 heterocycles. The first-order valence-corrected chi connectivity index (χ1v) is 11.6. The number of rotatable bonds is 7. The summed E-state index contributed by atoms with van der Waals surface area (Å²) in [4.78, 5) is 25.9. The van der Waals surface area contributed by atoms with Gasteiger partial charge in [0, 0.05) is 31.5 Å². The van der Waals surface area contributed by atoms with Gasteiger partial charge in [0.15, 0.2) is 0 Å². The molecule has 1 aromatic heterocycles. The number of ketones is 1. The van der Waals surface area contributed by atoms with E-state index in [-0.39, 0.29) is 21.3 Å². The van der Waals surface area contributed by atoms with E-state index in [2.05, 4.69) is 20.3 Å². The van der Waals surface area contributed by atoms with Crippen LogP contribution in [-0.4, -0.2) is 35.5 Å². The maximum atomic E-state index is 13.1.